The van der Waals surface area contributed by atoms with Crippen molar-refractivity contribution in [3.63, 3.8) is 0 Å². The van der Waals surface area contributed by atoms with Gasteiger partial charge >= 0.3 is 0 Å². The Morgan fingerprint density at radius 3 is 2.79 bits per heavy atom. The first-order valence-electron chi connectivity index (χ1n) is 7.25. The lowest BCUT2D eigenvalue weighted by atomic mass is 10.1. The van der Waals surface area contributed by atoms with E-state index in [9.17, 15) is 0 Å². The zero-order valence-corrected chi connectivity index (χ0v) is 13.9. The van der Waals surface area contributed by atoms with E-state index in [0.717, 1.165) is 48.7 Å². The second-order valence-electron chi connectivity index (χ2n) is 5.31. The average Bonchev–Trinajstić information content (AvgIpc) is 2.38. The molecule has 0 aromatic heterocycles. The summed E-state index contributed by atoms with van der Waals surface area (Å²) in [5.41, 5.74) is 1.26. The molecule has 0 saturated carbocycles. The third-order valence-corrected chi connectivity index (χ3v) is 3.73. The van der Waals surface area contributed by atoms with E-state index in [1.54, 1.807) is 0 Å². The van der Waals surface area contributed by atoms with Crippen LogP contribution in [0.1, 0.15) is 45.6 Å². The molecule has 0 spiro atoms. The molecule has 1 N–H and O–H groups in total. The van der Waals surface area contributed by atoms with Crippen LogP contribution in [0.2, 0.25) is 0 Å². The minimum atomic E-state index is 0.752. The van der Waals surface area contributed by atoms with Gasteiger partial charge < -0.3 is 10.1 Å². The van der Waals surface area contributed by atoms with Gasteiger partial charge in [-0.3, -0.25) is 0 Å². The van der Waals surface area contributed by atoms with Crippen molar-refractivity contribution >= 4 is 15.9 Å². The molecular formula is C16H26BrNO. The average molecular weight is 328 g/mol. The Hall–Kier alpha value is -0.540. The number of ether oxygens (including phenoxy) is 1. The summed E-state index contributed by atoms with van der Waals surface area (Å²) >= 11 is 3.59. The second kappa shape index (κ2) is 9.38. The first-order chi connectivity index (χ1) is 9.13. The van der Waals surface area contributed by atoms with Gasteiger partial charge in [0.25, 0.3) is 0 Å². The van der Waals surface area contributed by atoms with Gasteiger partial charge in [0.2, 0.25) is 0 Å². The molecule has 0 saturated heterocycles. The molecule has 1 aromatic carbocycles. The maximum Gasteiger partial charge on any atom is 0.119 e. The van der Waals surface area contributed by atoms with Gasteiger partial charge in [-0.05, 0) is 55.5 Å². The van der Waals surface area contributed by atoms with Gasteiger partial charge in [0.05, 0.1) is 6.61 Å². The van der Waals surface area contributed by atoms with Gasteiger partial charge in [-0.2, -0.15) is 0 Å². The molecule has 0 atom stereocenters. The maximum absolute atomic E-state index is 5.81. The lowest BCUT2D eigenvalue weighted by molar-refractivity contribution is 0.297. The third kappa shape index (κ3) is 6.98. The van der Waals surface area contributed by atoms with E-state index in [4.69, 9.17) is 4.74 Å². The summed E-state index contributed by atoms with van der Waals surface area (Å²) in [7, 11) is 0. The summed E-state index contributed by atoms with van der Waals surface area (Å²) in [6.07, 6.45) is 3.50. The molecule has 1 rings (SSSR count). The molecule has 0 aliphatic heterocycles. The Balaban J connectivity index is 2.43. The SMILES string of the molecule is CCCNCc1cc(OCCCC(C)C)ccc1Br. The van der Waals surface area contributed by atoms with E-state index in [-0.39, 0.29) is 0 Å². The largest absolute Gasteiger partial charge is 0.494 e. The van der Waals surface area contributed by atoms with E-state index in [1.807, 2.05) is 6.07 Å². The number of halogens is 1. The Bertz CT molecular complexity index is 366. The summed E-state index contributed by atoms with van der Waals surface area (Å²) in [4.78, 5) is 0. The molecule has 0 amide bonds. The number of hydrogen-bond donors (Lipinski definition) is 1. The Labute approximate surface area is 126 Å². The normalized spacial score (nSPS) is 11.0. The van der Waals surface area contributed by atoms with Gasteiger partial charge in [-0.15, -0.1) is 0 Å². The van der Waals surface area contributed by atoms with Crippen molar-refractivity contribution in [3.8, 4) is 5.75 Å². The maximum atomic E-state index is 5.81. The van der Waals surface area contributed by atoms with Gasteiger partial charge in [-0.1, -0.05) is 36.7 Å². The van der Waals surface area contributed by atoms with Gasteiger partial charge in [0.1, 0.15) is 5.75 Å². The van der Waals surface area contributed by atoms with Crippen LogP contribution >= 0.6 is 15.9 Å². The van der Waals surface area contributed by atoms with Crippen LogP contribution in [0.5, 0.6) is 5.75 Å². The lowest BCUT2D eigenvalue weighted by Crippen LogP contribution is -2.14. The van der Waals surface area contributed by atoms with Crippen molar-refractivity contribution < 1.29 is 4.74 Å². The Morgan fingerprint density at radius 2 is 2.11 bits per heavy atom. The zero-order valence-electron chi connectivity index (χ0n) is 12.3. The molecule has 2 nitrogen and oxygen atoms in total. The van der Waals surface area contributed by atoms with Crippen LogP contribution < -0.4 is 10.1 Å². The van der Waals surface area contributed by atoms with Crippen LogP contribution in [0, 0.1) is 5.92 Å². The van der Waals surface area contributed by atoms with Crippen LogP contribution in [0.15, 0.2) is 22.7 Å². The fourth-order valence-corrected chi connectivity index (χ4v) is 2.24. The molecule has 0 aliphatic carbocycles. The molecule has 0 radical (unpaired) electrons. The van der Waals surface area contributed by atoms with Crippen molar-refractivity contribution in [2.24, 2.45) is 5.92 Å². The monoisotopic (exact) mass is 327 g/mol. The highest BCUT2D eigenvalue weighted by Crippen LogP contribution is 2.23. The Kier molecular flexibility index (Phi) is 8.15. The quantitative estimate of drug-likeness (QED) is 0.660. The zero-order chi connectivity index (χ0) is 14.1. The minimum absolute atomic E-state index is 0.752. The van der Waals surface area contributed by atoms with Gasteiger partial charge in [0.15, 0.2) is 0 Å². The highest BCUT2D eigenvalue weighted by molar-refractivity contribution is 9.10. The highest BCUT2D eigenvalue weighted by atomic mass is 79.9. The van der Waals surface area contributed by atoms with Crippen LogP contribution in [0.3, 0.4) is 0 Å². The fourth-order valence-electron chi connectivity index (χ4n) is 1.86. The topological polar surface area (TPSA) is 21.3 Å². The standard InChI is InChI=1S/C16H26BrNO/c1-4-9-18-12-14-11-15(7-8-16(14)17)19-10-5-6-13(2)3/h7-8,11,13,18H,4-6,9-10,12H2,1-3H3. The predicted octanol–water partition coefficient (Wildman–Crippen LogP) is 4.76. The van der Waals surface area contributed by atoms with Crippen LogP contribution in [0.4, 0.5) is 0 Å². The lowest BCUT2D eigenvalue weighted by Gasteiger charge is -2.11. The van der Waals surface area contributed by atoms with E-state index in [1.165, 1.54) is 12.0 Å². The van der Waals surface area contributed by atoms with E-state index < -0.39 is 0 Å². The molecule has 19 heavy (non-hydrogen) atoms. The fraction of sp³-hybridized carbons (Fsp3) is 0.625. The summed E-state index contributed by atoms with van der Waals surface area (Å²) in [5, 5.41) is 3.42. The third-order valence-electron chi connectivity index (χ3n) is 2.95. The van der Waals surface area contributed by atoms with Crippen molar-refractivity contribution in [1.29, 1.82) is 0 Å². The van der Waals surface area contributed by atoms with E-state index in [0.29, 0.717) is 0 Å². The second-order valence-corrected chi connectivity index (χ2v) is 6.17. The van der Waals surface area contributed by atoms with Crippen LogP contribution in [-0.4, -0.2) is 13.2 Å². The summed E-state index contributed by atoms with van der Waals surface area (Å²) < 4.78 is 6.95. The molecule has 1 aromatic rings. The van der Waals surface area contributed by atoms with Crippen molar-refractivity contribution in [2.75, 3.05) is 13.2 Å². The molecule has 0 fully saturated rings. The minimum Gasteiger partial charge on any atom is -0.494 e. The van der Waals surface area contributed by atoms with E-state index >= 15 is 0 Å². The summed E-state index contributed by atoms with van der Waals surface area (Å²) in [6.45, 7) is 9.41. The van der Waals surface area contributed by atoms with Crippen LogP contribution in [0.25, 0.3) is 0 Å². The van der Waals surface area contributed by atoms with Crippen molar-refractivity contribution in [1.82, 2.24) is 5.32 Å². The van der Waals surface area contributed by atoms with Gasteiger partial charge in [0, 0.05) is 11.0 Å². The van der Waals surface area contributed by atoms with Crippen LogP contribution in [-0.2, 0) is 6.54 Å². The first kappa shape index (κ1) is 16.5. The number of rotatable bonds is 9. The molecule has 3 heteroatoms. The molecule has 0 heterocycles. The molecule has 0 aliphatic rings. The number of nitrogens with one attached hydrogen (secondary N) is 1. The molecule has 0 unspecified atom stereocenters. The summed E-state index contributed by atoms with van der Waals surface area (Å²) in [6, 6.07) is 6.23. The molecular weight excluding hydrogens is 302 g/mol. The molecule has 108 valence electrons. The number of benzene rings is 1. The van der Waals surface area contributed by atoms with Gasteiger partial charge in [-0.25, -0.2) is 0 Å². The molecule has 0 bridgehead atoms. The van der Waals surface area contributed by atoms with Crippen molar-refractivity contribution in [3.05, 3.63) is 28.2 Å². The first-order valence-corrected chi connectivity index (χ1v) is 8.04. The van der Waals surface area contributed by atoms with E-state index in [2.05, 4.69) is 54.2 Å². The Morgan fingerprint density at radius 1 is 1.32 bits per heavy atom. The smallest absolute Gasteiger partial charge is 0.119 e. The number of hydrogen-bond acceptors (Lipinski definition) is 2. The summed E-state index contributed by atoms with van der Waals surface area (Å²) in [5.74, 6) is 1.72. The highest BCUT2D eigenvalue weighted by Gasteiger charge is 2.03. The van der Waals surface area contributed by atoms with Crippen molar-refractivity contribution in [2.45, 2.75) is 46.6 Å². The predicted molar refractivity (Wildman–Crippen MR) is 85.7 cm³/mol.